The molecule has 0 aromatic carbocycles. The molecule has 0 aliphatic carbocycles. The lowest BCUT2D eigenvalue weighted by Gasteiger charge is -2.17. The van der Waals surface area contributed by atoms with Crippen LogP contribution in [0.1, 0.15) is 5.82 Å². The average Bonchev–Trinajstić information content (AvgIpc) is 2.00. The monoisotopic (exact) mass is 221 g/mol. The minimum absolute atomic E-state index is 0.258. The Morgan fingerprint density at radius 1 is 1.50 bits per heavy atom. The van der Waals surface area contributed by atoms with Gasteiger partial charge in [0.05, 0.1) is 6.54 Å². The molecule has 0 spiro atoms. The highest BCUT2D eigenvalue weighted by molar-refractivity contribution is 6.29. The van der Waals surface area contributed by atoms with Crippen molar-refractivity contribution in [2.45, 2.75) is 13.3 Å². The van der Waals surface area contributed by atoms with Crippen LogP contribution in [0.4, 0.5) is 14.6 Å². The maximum absolute atomic E-state index is 12.1. The SMILES string of the molecule is Cc1nc(Cl)cc(N(C)CC(F)F)n1. The molecule has 0 aliphatic rings. The Kier molecular flexibility index (Phi) is 3.57. The van der Waals surface area contributed by atoms with Crippen LogP contribution in [0.3, 0.4) is 0 Å². The molecule has 0 aliphatic heterocycles. The second kappa shape index (κ2) is 4.50. The standard InChI is InChI=1S/C8H10ClF2N3/c1-5-12-6(9)3-8(13-5)14(2)4-7(10)11/h3,7H,4H2,1-2H3. The molecule has 78 valence electrons. The van der Waals surface area contributed by atoms with Crippen LogP contribution in [-0.2, 0) is 0 Å². The molecule has 1 aromatic heterocycles. The Morgan fingerprint density at radius 2 is 2.14 bits per heavy atom. The molecular formula is C8H10ClF2N3. The zero-order valence-electron chi connectivity index (χ0n) is 7.84. The Hall–Kier alpha value is -0.970. The van der Waals surface area contributed by atoms with E-state index in [0.29, 0.717) is 11.6 Å². The van der Waals surface area contributed by atoms with E-state index >= 15 is 0 Å². The second-order valence-corrected chi connectivity index (χ2v) is 3.25. The maximum Gasteiger partial charge on any atom is 0.255 e. The first-order valence-electron chi connectivity index (χ1n) is 3.99. The van der Waals surface area contributed by atoms with Crippen LogP contribution < -0.4 is 4.90 Å². The first-order valence-corrected chi connectivity index (χ1v) is 4.37. The lowest BCUT2D eigenvalue weighted by atomic mass is 10.5. The summed E-state index contributed by atoms with van der Waals surface area (Å²) in [6.07, 6.45) is -2.39. The molecule has 0 fully saturated rings. The number of nitrogens with zero attached hydrogens (tertiary/aromatic N) is 3. The maximum atomic E-state index is 12.1. The number of anilines is 1. The number of aryl methyl sites for hydroxylation is 1. The highest BCUT2D eigenvalue weighted by Crippen LogP contribution is 2.15. The van der Waals surface area contributed by atoms with Crippen molar-refractivity contribution in [1.29, 1.82) is 0 Å². The molecule has 14 heavy (non-hydrogen) atoms. The van der Waals surface area contributed by atoms with Crippen molar-refractivity contribution in [2.24, 2.45) is 0 Å². The number of rotatable bonds is 3. The third kappa shape index (κ3) is 3.06. The zero-order valence-corrected chi connectivity index (χ0v) is 8.59. The van der Waals surface area contributed by atoms with E-state index < -0.39 is 6.43 Å². The summed E-state index contributed by atoms with van der Waals surface area (Å²) < 4.78 is 24.1. The summed E-state index contributed by atoms with van der Waals surface area (Å²) in [4.78, 5) is 9.16. The number of hydrogen-bond donors (Lipinski definition) is 0. The van der Waals surface area contributed by atoms with Crippen LogP contribution >= 0.6 is 11.6 Å². The fourth-order valence-electron chi connectivity index (χ4n) is 1.01. The van der Waals surface area contributed by atoms with Crippen LogP contribution in [-0.4, -0.2) is 30.0 Å². The molecule has 0 saturated heterocycles. The highest BCUT2D eigenvalue weighted by atomic mass is 35.5. The van der Waals surface area contributed by atoms with Crippen molar-refractivity contribution < 1.29 is 8.78 Å². The van der Waals surface area contributed by atoms with Gasteiger partial charge in [-0.1, -0.05) is 11.6 Å². The van der Waals surface area contributed by atoms with Gasteiger partial charge < -0.3 is 4.90 Å². The number of halogens is 3. The Bertz CT molecular complexity index is 299. The number of aromatic nitrogens is 2. The smallest absolute Gasteiger partial charge is 0.255 e. The van der Waals surface area contributed by atoms with E-state index in [4.69, 9.17) is 11.6 Å². The summed E-state index contributed by atoms with van der Waals surface area (Å²) in [6.45, 7) is 1.29. The van der Waals surface area contributed by atoms with Crippen molar-refractivity contribution in [3.05, 3.63) is 17.0 Å². The van der Waals surface area contributed by atoms with Crippen LogP contribution in [0.5, 0.6) is 0 Å². The molecular weight excluding hydrogens is 212 g/mol. The van der Waals surface area contributed by atoms with Gasteiger partial charge in [0.1, 0.15) is 16.8 Å². The predicted molar refractivity (Wildman–Crippen MR) is 51.1 cm³/mol. The summed E-state index contributed by atoms with van der Waals surface area (Å²) in [6, 6.07) is 1.46. The molecule has 6 heteroatoms. The van der Waals surface area contributed by atoms with Gasteiger partial charge >= 0.3 is 0 Å². The topological polar surface area (TPSA) is 29.0 Å². The van der Waals surface area contributed by atoms with Crippen LogP contribution in [0.25, 0.3) is 0 Å². The normalized spacial score (nSPS) is 10.7. The summed E-state index contributed by atoms with van der Waals surface area (Å²) in [5, 5.41) is 0.258. The minimum Gasteiger partial charge on any atom is -0.354 e. The summed E-state index contributed by atoms with van der Waals surface area (Å²) >= 11 is 5.67. The van der Waals surface area contributed by atoms with Gasteiger partial charge in [0, 0.05) is 13.1 Å². The third-order valence-corrected chi connectivity index (χ3v) is 1.79. The van der Waals surface area contributed by atoms with E-state index in [1.807, 2.05) is 0 Å². The van der Waals surface area contributed by atoms with Crippen molar-refractivity contribution in [3.8, 4) is 0 Å². The van der Waals surface area contributed by atoms with E-state index in [-0.39, 0.29) is 11.7 Å². The average molecular weight is 222 g/mol. The fourth-order valence-corrected chi connectivity index (χ4v) is 1.23. The van der Waals surface area contributed by atoms with E-state index in [1.54, 1.807) is 6.92 Å². The quantitative estimate of drug-likeness (QED) is 0.733. The molecule has 0 N–H and O–H groups in total. The Morgan fingerprint density at radius 3 is 2.64 bits per heavy atom. The number of alkyl halides is 2. The van der Waals surface area contributed by atoms with Crippen molar-refractivity contribution in [1.82, 2.24) is 9.97 Å². The van der Waals surface area contributed by atoms with Crippen molar-refractivity contribution in [2.75, 3.05) is 18.5 Å². The molecule has 3 nitrogen and oxygen atoms in total. The third-order valence-electron chi connectivity index (χ3n) is 1.60. The molecule has 1 aromatic rings. The van der Waals surface area contributed by atoms with Gasteiger partial charge in [0.25, 0.3) is 6.43 Å². The van der Waals surface area contributed by atoms with Gasteiger partial charge in [-0.3, -0.25) is 0 Å². The Labute approximate surface area is 85.7 Å². The largest absolute Gasteiger partial charge is 0.354 e. The highest BCUT2D eigenvalue weighted by Gasteiger charge is 2.10. The Balaban J connectivity index is 2.84. The molecule has 0 radical (unpaired) electrons. The van der Waals surface area contributed by atoms with Crippen molar-refractivity contribution >= 4 is 17.4 Å². The fraction of sp³-hybridized carbons (Fsp3) is 0.500. The number of hydrogen-bond acceptors (Lipinski definition) is 3. The van der Waals surface area contributed by atoms with Gasteiger partial charge in [0.15, 0.2) is 0 Å². The van der Waals surface area contributed by atoms with E-state index in [2.05, 4.69) is 9.97 Å². The molecule has 0 amide bonds. The summed E-state index contributed by atoms with van der Waals surface area (Å²) in [5.74, 6) is 0.872. The minimum atomic E-state index is -2.39. The molecule has 0 bridgehead atoms. The zero-order chi connectivity index (χ0) is 10.7. The van der Waals surface area contributed by atoms with Crippen molar-refractivity contribution in [3.63, 3.8) is 0 Å². The van der Waals surface area contributed by atoms with Gasteiger partial charge in [-0.25, -0.2) is 18.7 Å². The lowest BCUT2D eigenvalue weighted by Crippen LogP contribution is -2.25. The molecule has 1 rings (SSSR count). The predicted octanol–water partition coefficient (Wildman–Crippen LogP) is 2.14. The van der Waals surface area contributed by atoms with Gasteiger partial charge in [0.2, 0.25) is 0 Å². The summed E-state index contributed by atoms with van der Waals surface area (Å²) in [7, 11) is 1.53. The van der Waals surface area contributed by atoms with Crippen LogP contribution in [0, 0.1) is 6.92 Å². The molecule has 0 unspecified atom stereocenters. The van der Waals surface area contributed by atoms with Crippen LogP contribution in [0.15, 0.2) is 6.07 Å². The first-order chi connectivity index (χ1) is 6.49. The van der Waals surface area contributed by atoms with E-state index in [0.717, 1.165) is 0 Å². The van der Waals surface area contributed by atoms with Crippen LogP contribution in [0.2, 0.25) is 5.15 Å². The van der Waals surface area contributed by atoms with E-state index in [9.17, 15) is 8.78 Å². The molecule has 0 atom stereocenters. The first kappa shape index (κ1) is 11.1. The second-order valence-electron chi connectivity index (χ2n) is 2.87. The molecule has 1 heterocycles. The molecule has 0 saturated carbocycles. The van der Waals surface area contributed by atoms with E-state index in [1.165, 1.54) is 18.0 Å². The van der Waals surface area contributed by atoms with Gasteiger partial charge in [-0.05, 0) is 6.92 Å². The summed E-state index contributed by atoms with van der Waals surface area (Å²) in [5.41, 5.74) is 0. The van der Waals surface area contributed by atoms with Gasteiger partial charge in [-0.2, -0.15) is 0 Å². The lowest BCUT2D eigenvalue weighted by molar-refractivity contribution is 0.156. The van der Waals surface area contributed by atoms with Gasteiger partial charge in [-0.15, -0.1) is 0 Å².